The highest BCUT2D eigenvalue weighted by Crippen LogP contribution is 2.17. The normalized spacial score (nSPS) is 11.2. The van der Waals surface area contributed by atoms with Crippen LogP contribution >= 0.6 is 0 Å². The number of hydrogen-bond acceptors (Lipinski definition) is 4. The lowest BCUT2D eigenvalue weighted by molar-refractivity contribution is 0.0950. The van der Waals surface area contributed by atoms with E-state index in [4.69, 9.17) is 0 Å². The van der Waals surface area contributed by atoms with Crippen LogP contribution in [0.5, 0.6) is 0 Å². The zero-order valence-corrected chi connectivity index (χ0v) is 15.3. The Bertz CT molecular complexity index is 1050. The van der Waals surface area contributed by atoms with Crippen LogP contribution in [0.4, 0.5) is 4.39 Å². The maximum atomic E-state index is 13.0. The molecular weight excluding hydrogens is 367 g/mol. The molecule has 138 valence electrons. The van der Waals surface area contributed by atoms with Crippen LogP contribution in [-0.4, -0.2) is 25.6 Å². The van der Waals surface area contributed by atoms with Crippen molar-refractivity contribution < 1.29 is 17.6 Å². The molecule has 1 amide bonds. The fourth-order valence-corrected chi connectivity index (χ4v) is 3.09. The van der Waals surface area contributed by atoms with Gasteiger partial charge in [0, 0.05) is 24.6 Å². The van der Waals surface area contributed by atoms with Gasteiger partial charge in [0.05, 0.1) is 16.2 Å². The van der Waals surface area contributed by atoms with Crippen molar-refractivity contribution in [2.75, 3.05) is 6.26 Å². The summed E-state index contributed by atoms with van der Waals surface area (Å²) in [5.41, 5.74) is 2.58. The highest BCUT2D eigenvalue weighted by atomic mass is 32.2. The highest BCUT2D eigenvalue weighted by Gasteiger charge is 2.09. The molecule has 3 rings (SSSR count). The van der Waals surface area contributed by atoms with Gasteiger partial charge >= 0.3 is 0 Å². The van der Waals surface area contributed by atoms with E-state index in [1.54, 1.807) is 36.4 Å². The van der Waals surface area contributed by atoms with Gasteiger partial charge in [-0.15, -0.1) is 0 Å². The van der Waals surface area contributed by atoms with Crippen molar-refractivity contribution in [1.82, 2.24) is 10.3 Å². The summed E-state index contributed by atoms with van der Waals surface area (Å²) in [7, 11) is -3.24. The fourth-order valence-electron chi connectivity index (χ4n) is 2.46. The zero-order valence-electron chi connectivity index (χ0n) is 14.5. The number of benzene rings is 2. The Kier molecular flexibility index (Phi) is 5.32. The maximum absolute atomic E-state index is 13.0. The number of sulfone groups is 1. The number of nitrogens with one attached hydrogen (secondary N) is 1. The van der Waals surface area contributed by atoms with Gasteiger partial charge in [0.25, 0.3) is 5.91 Å². The average molecular weight is 384 g/mol. The second-order valence-electron chi connectivity index (χ2n) is 6.04. The minimum absolute atomic E-state index is 0.234. The quantitative estimate of drug-likeness (QED) is 0.733. The number of rotatable bonds is 5. The summed E-state index contributed by atoms with van der Waals surface area (Å²) in [6, 6.07) is 15.6. The number of aromatic nitrogens is 1. The smallest absolute Gasteiger partial charge is 0.253 e. The Morgan fingerprint density at radius 2 is 1.67 bits per heavy atom. The summed E-state index contributed by atoms with van der Waals surface area (Å²) >= 11 is 0. The van der Waals surface area contributed by atoms with Crippen LogP contribution in [0.1, 0.15) is 15.9 Å². The van der Waals surface area contributed by atoms with Crippen molar-refractivity contribution in [2.24, 2.45) is 0 Å². The Balaban J connectivity index is 1.63. The van der Waals surface area contributed by atoms with Crippen LogP contribution in [0.2, 0.25) is 0 Å². The van der Waals surface area contributed by atoms with Crippen molar-refractivity contribution in [3.05, 3.63) is 83.8 Å². The van der Waals surface area contributed by atoms with E-state index in [0.717, 1.165) is 17.4 Å². The van der Waals surface area contributed by atoms with Crippen LogP contribution in [0.25, 0.3) is 11.3 Å². The first-order valence-corrected chi connectivity index (χ1v) is 10.0. The molecule has 5 nitrogen and oxygen atoms in total. The largest absolute Gasteiger partial charge is 0.348 e. The molecule has 7 heteroatoms. The molecule has 0 radical (unpaired) electrons. The van der Waals surface area contributed by atoms with E-state index in [-0.39, 0.29) is 23.2 Å². The number of halogens is 1. The van der Waals surface area contributed by atoms with Gasteiger partial charge < -0.3 is 5.32 Å². The minimum atomic E-state index is -3.24. The summed E-state index contributed by atoms with van der Waals surface area (Å²) in [6.07, 6.45) is 2.60. The lowest BCUT2D eigenvalue weighted by Gasteiger charge is -2.07. The first-order chi connectivity index (χ1) is 12.8. The molecule has 1 heterocycles. The minimum Gasteiger partial charge on any atom is -0.348 e. The predicted molar refractivity (Wildman–Crippen MR) is 100 cm³/mol. The second kappa shape index (κ2) is 7.67. The highest BCUT2D eigenvalue weighted by molar-refractivity contribution is 7.90. The molecule has 0 saturated heterocycles. The summed E-state index contributed by atoms with van der Waals surface area (Å²) in [5, 5.41) is 2.76. The Morgan fingerprint density at radius 1 is 1.00 bits per heavy atom. The van der Waals surface area contributed by atoms with E-state index < -0.39 is 9.84 Å². The molecule has 0 atom stereocenters. The molecule has 0 fully saturated rings. The van der Waals surface area contributed by atoms with Crippen LogP contribution < -0.4 is 5.32 Å². The summed E-state index contributed by atoms with van der Waals surface area (Å²) in [4.78, 5) is 16.7. The molecular formula is C20H17FN2O3S. The van der Waals surface area contributed by atoms with E-state index in [2.05, 4.69) is 10.3 Å². The lowest BCUT2D eigenvalue weighted by Crippen LogP contribution is -2.22. The summed E-state index contributed by atoms with van der Waals surface area (Å²) < 4.78 is 35.9. The van der Waals surface area contributed by atoms with Gasteiger partial charge in [-0.2, -0.15) is 0 Å². The van der Waals surface area contributed by atoms with Crippen molar-refractivity contribution in [1.29, 1.82) is 0 Å². The first kappa shape index (κ1) is 18.7. The predicted octanol–water partition coefficient (Wildman–Crippen LogP) is 3.22. The number of amides is 1. The molecule has 1 N–H and O–H groups in total. The maximum Gasteiger partial charge on any atom is 0.253 e. The first-order valence-electron chi connectivity index (χ1n) is 8.12. The van der Waals surface area contributed by atoms with Crippen molar-refractivity contribution in [3.63, 3.8) is 0 Å². The van der Waals surface area contributed by atoms with Gasteiger partial charge in [-0.25, -0.2) is 12.8 Å². The third kappa shape index (κ3) is 4.77. The van der Waals surface area contributed by atoms with Crippen LogP contribution in [0, 0.1) is 5.82 Å². The van der Waals surface area contributed by atoms with Gasteiger partial charge in [0.15, 0.2) is 9.84 Å². The van der Waals surface area contributed by atoms with E-state index in [0.29, 0.717) is 11.3 Å². The second-order valence-corrected chi connectivity index (χ2v) is 8.05. The number of pyridine rings is 1. The van der Waals surface area contributed by atoms with Gasteiger partial charge in [-0.3, -0.25) is 9.78 Å². The van der Waals surface area contributed by atoms with E-state index >= 15 is 0 Å². The average Bonchev–Trinajstić information content (AvgIpc) is 2.66. The molecule has 0 aliphatic carbocycles. The molecule has 0 spiro atoms. The van der Waals surface area contributed by atoms with E-state index in [1.165, 1.54) is 30.5 Å². The van der Waals surface area contributed by atoms with Gasteiger partial charge in [0.2, 0.25) is 0 Å². The number of hydrogen-bond donors (Lipinski definition) is 1. The number of carbonyl (C=O) groups excluding carboxylic acids is 1. The number of carbonyl (C=O) groups is 1. The summed E-state index contributed by atoms with van der Waals surface area (Å²) in [6.45, 7) is 0.266. The Hall–Kier alpha value is -3.06. The van der Waals surface area contributed by atoms with Crippen LogP contribution in [-0.2, 0) is 16.4 Å². The molecule has 0 unspecified atom stereocenters. The fraction of sp³-hybridized carbons (Fsp3) is 0.100. The summed E-state index contributed by atoms with van der Waals surface area (Å²) in [5.74, 6) is -0.611. The van der Waals surface area contributed by atoms with Crippen LogP contribution in [0.15, 0.2) is 71.8 Å². The third-order valence-electron chi connectivity index (χ3n) is 3.97. The molecule has 3 aromatic rings. The standard InChI is InChI=1S/C20H17FN2O3S/c1-27(25,26)18-9-2-14(3-10-18)12-23-20(24)16-6-11-19(22-13-16)15-4-7-17(21)8-5-15/h2-11,13H,12H2,1H3,(H,23,24). The molecule has 0 saturated carbocycles. The van der Waals surface area contributed by atoms with E-state index in [1.807, 2.05) is 0 Å². The van der Waals surface area contributed by atoms with Crippen LogP contribution in [0.3, 0.4) is 0 Å². The van der Waals surface area contributed by atoms with E-state index in [9.17, 15) is 17.6 Å². The van der Waals surface area contributed by atoms with Crippen molar-refractivity contribution >= 4 is 15.7 Å². The molecule has 27 heavy (non-hydrogen) atoms. The zero-order chi connectivity index (χ0) is 19.4. The monoisotopic (exact) mass is 384 g/mol. The number of nitrogens with zero attached hydrogens (tertiary/aromatic N) is 1. The molecule has 1 aromatic heterocycles. The molecule has 0 aliphatic rings. The van der Waals surface area contributed by atoms with Crippen molar-refractivity contribution in [2.45, 2.75) is 11.4 Å². The molecule has 0 aliphatic heterocycles. The van der Waals surface area contributed by atoms with Crippen molar-refractivity contribution in [3.8, 4) is 11.3 Å². The topological polar surface area (TPSA) is 76.1 Å². The molecule has 0 bridgehead atoms. The molecule has 2 aromatic carbocycles. The SMILES string of the molecule is CS(=O)(=O)c1ccc(CNC(=O)c2ccc(-c3ccc(F)cc3)nc2)cc1. The van der Waals surface area contributed by atoms with Gasteiger partial charge in [0.1, 0.15) is 5.82 Å². The van der Waals surface area contributed by atoms with Gasteiger partial charge in [-0.1, -0.05) is 12.1 Å². The van der Waals surface area contributed by atoms with Gasteiger partial charge in [-0.05, 0) is 54.1 Å². The lowest BCUT2D eigenvalue weighted by atomic mass is 10.1. The Labute approximate surface area is 156 Å². The third-order valence-corrected chi connectivity index (χ3v) is 5.10. The Morgan fingerprint density at radius 3 is 2.22 bits per heavy atom.